The van der Waals surface area contributed by atoms with Crippen molar-refractivity contribution in [3.8, 4) is 11.7 Å². The fourth-order valence-electron chi connectivity index (χ4n) is 5.68. The fraction of sp³-hybridized carbons (Fsp3) is 0.429. The van der Waals surface area contributed by atoms with Crippen LogP contribution in [-0.4, -0.2) is 82.5 Å². The van der Waals surface area contributed by atoms with E-state index in [-0.39, 0.29) is 35.8 Å². The number of rotatable bonds is 5. The van der Waals surface area contributed by atoms with Crippen LogP contribution >= 0.6 is 11.6 Å². The van der Waals surface area contributed by atoms with Crippen molar-refractivity contribution in [1.29, 1.82) is 0 Å². The van der Waals surface area contributed by atoms with E-state index in [2.05, 4.69) is 22.1 Å². The van der Waals surface area contributed by atoms with Gasteiger partial charge in [0.1, 0.15) is 24.1 Å². The van der Waals surface area contributed by atoms with Gasteiger partial charge in [-0.1, -0.05) is 35.9 Å². The highest BCUT2D eigenvalue weighted by Gasteiger charge is 2.31. The number of anilines is 1. The Hall–Kier alpha value is -3.34. The number of alkyl halides is 1. The standard InChI is InChI=1S/C28H31ClFN7O2/c1-16-13-31-10-11-36(16)26-24-25(33-28(34-26)39-15-20-12-19(30)14-35(20)3)27(38)37(17(2)32-24)22-9-5-7-18-6-4-8-21(29)23(18)22/h4-9,16,19-20,31H,10-15H2,1-3H3/t16-,19+,20-/m0/s1. The van der Waals surface area contributed by atoms with Crippen LogP contribution in [0.5, 0.6) is 6.01 Å². The van der Waals surface area contributed by atoms with Crippen LogP contribution in [0.1, 0.15) is 19.2 Å². The van der Waals surface area contributed by atoms with Crippen molar-refractivity contribution in [1.82, 2.24) is 29.7 Å². The normalized spacial score (nSPS) is 22.2. The topological polar surface area (TPSA) is 88.4 Å². The molecule has 2 aromatic carbocycles. The second-order valence-electron chi connectivity index (χ2n) is 10.4. The van der Waals surface area contributed by atoms with Crippen molar-refractivity contribution in [2.24, 2.45) is 0 Å². The molecule has 3 atom stereocenters. The van der Waals surface area contributed by atoms with E-state index < -0.39 is 6.17 Å². The maximum absolute atomic E-state index is 14.2. The van der Waals surface area contributed by atoms with E-state index in [0.717, 1.165) is 23.9 Å². The summed E-state index contributed by atoms with van der Waals surface area (Å²) in [5, 5.41) is 5.61. The van der Waals surface area contributed by atoms with E-state index in [9.17, 15) is 9.18 Å². The lowest BCUT2D eigenvalue weighted by atomic mass is 10.1. The van der Waals surface area contributed by atoms with Crippen LogP contribution in [0.15, 0.2) is 41.2 Å². The fourth-order valence-corrected chi connectivity index (χ4v) is 5.96. The minimum absolute atomic E-state index is 0.0872. The monoisotopic (exact) mass is 551 g/mol. The summed E-state index contributed by atoms with van der Waals surface area (Å²) in [5.74, 6) is 1.07. The van der Waals surface area contributed by atoms with Crippen molar-refractivity contribution in [3.63, 3.8) is 0 Å². The molecule has 6 rings (SSSR count). The molecule has 2 aliphatic heterocycles. The first-order valence-corrected chi connectivity index (χ1v) is 13.6. The first-order valence-electron chi connectivity index (χ1n) is 13.2. The largest absolute Gasteiger partial charge is 0.462 e. The predicted molar refractivity (Wildman–Crippen MR) is 151 cm³/mol. The molecule has 0 spiro atoms. The van der Waals surface area contributed by atoms with Crippen LogP contribution in [-0.2, 0) is 0 Å². The zero-order valence-corrected chi connectivity index (χ0v) is 23.0. The summed E-state index contributed by atoms with van der Waals surface area (Å²) in [5.41, 5.74) is 0.902. The SMILES string of the molecule is Cc1nc2c(N3CCNC[C@@H]3C)nc(OC[C@@H]3C[C@@H](F)CN3C)nc2c(=O)n1-c1cccc2cccc(Cl)c12. The molecule has 0 bridgehead atoms. The van der Waals surface area contributed by atoms with Crippen molar-refractivity contribution in [3.05, 3.63) is 57.6 Å². The number of likely N-dealkylation sites (tertiary alicyclic amines) is 1. The molecule has 2 fully saturated rings. The van der Waals surface area contributed by atoms with Crippen molar-refractivity contribution < 1.29 is 9.13 Å². The smallest absolute Gasteiger partial charge is 0.319 e. The van der Waals surface area contributed by atoms with E-state index in [4.69, 9.17) is 26.3 Å². The number of nitrogens with one attached hydrogen (secondary N) is 1. The number of aryl methyl sites for hydroxylation is 1. The first kappa shape index (κ1) is 25.9. The molecule has 0 aliphatic carbocycles. The quantitative estimate of drug-likeness (QED) is 0.403. The third-order valence-corrected chi connectivity index (χ3v) is 8.05. The van der Waals surface area contributed by atoms with E-state index in [1.807, 2.05) is 48.3 Å². The number of halogens is 2. The summed E-state index contributed by atoms with van der Waals surface area (Å²) < 4.78 is 21.5. The van der Waals surface area contributed by atoms with Gasteiger partial charge in [-0.2, -0.15) is 9.97 Å². The molecule has 0 amide bonds. The number of hydrogen-bond donors (Lipinski definition) is 1. The lowest BCUT2D eigenvalue weighted by Gasteiger charge is -2.35. The number of piperazine rings is 1. The number of hydrogen-bond acceptors (Lipinski definition) is 8. The summed E-state index contributed by atoms with van der Waals surface area (Å²) in [4.78, 5) is 32.5. The van der Waals surface area contributed by atoms with Gasteiger partial charge >= 0.3 is 6.01 Å². The van der Waals surface area contributed by atoms with Crippen molar-refractivity contribution in [2.75, 3.05) is 44.7 Å². The molecule has 204 valence electrons. The highest BCUT2D eigenvalue weighted by atomic mass is 35.5. The van der Waals surface area contributed by atoms with Crippen molar-refractivity contribution >= 4 is 39.2 Å². The third-order valence-electron chi connectivity index (χ3n) is 7.74. The molecule has 1 N–H and O–H groups in total. The second-order valence-corrected chi connectivity index (χ2v) is 10.8. The summed E-state index contributed by atoms with van der Waals surface area (Å²) in [7, 11) is 1.88. The van der Waals surface area contributed by atoms with E-state index in [1.54, 1.807) is 11.5 Å². The molecule has 2 aliphatic rings. The molecule has 11 heteroatoms. The minimum Gasteiger partial charge on any atom is -0.462 e. The Bertz CT molecular complexity index is 1610. The number of fused-ring (bicyclic) bond motifs is 2. The molecule has 4 aromatic rings. The predicted octanol–water partition coefficient (Wildman–Crippen LogP) is 3.51. The van der Waals surface area contributed by atoms with E-state index in [0.29, 0.717) is 47.4 Å². The number of aromatic nitrogens is 4. The lowest BCUT2D eigenvalue weighted by molar-refractivity contribution is 0.188. The van der Waals surface area contributed by atoms with Gasteiger partial charge in [0, 0.05) is 43.6 Å². The van der Waals surface area contributed by atoms with Crippen LogP contribution in [0, 0.1) is 6.92 Å². The Morgan fingerprint density at radius 1 is 1.15 bits per heavy atom. The molecule has 9 nitrogen and oxygen atoms in total. The van der Waals surface area contributed by atoms with Crippen LogP contribution < -0.4 is 20.5 Å². The number of benzene rings is 2. The van der Waals surface area contributed by atoms with E-state index in [1.165, 1.54) is 0 Å². The van der Waals surface area contributed by atoms with Crippen LogP contribution in [0.25, 0.3) is 27.5 Å². The van der Waals surface area contributed by atoms with Gasteiger partial charge in [-0.15, -0.1) is 0 Å². The average Bonchev–Trinajstić information content (AvgIpc) is 3.24. The Balaban J connectivity index is 1.52. The van der Waals surface area contributed by atoms with Gasteiger partial charge in [-0.25, -0.2) is 9.37 Å². The van der Waals surface area contributed by atoms with Gasteiger partial charge < -0.3 is 15.0 Å². The highest BCUT2D eigenvalue weighted by molar-refractivity contribution is 6.36. The van der Waals surface area contributed by atoms with Gasteiger partial charge in [0.05, 0.1) is 10.7 Å². The number of likely N-dealkylation sites (N-methyl/N-ethyl adjacent to an activating group) is 1. The van der Waals surface area contributed by atoms with Crippen LogP contribution in [0.3, 0.4) is 0 Å². The lowest BCUT2D eigenvalue weighted by Crippen LogP contribution is -2.50. The third kappa shape index (κ3) is 4.70. The minimum atomic E-state index is -0.884. The molecule has 0 saturated carbocycles. The summed E-state index contributed by atoms with van der Waals surface area (Å²) in [6, 6.07) is 11.5. The zero-order chi connectivity index (χ0) is 27.3. The summed E-state index contributed by atoms with van der Waals surface area (Å²) in [6.45, 7) is 6.75. The molecule has 2 aromatic heterocycles. The van der Waals surface area contributed by atoms with Gasteiger partial charge in [0.2, 0.25) is 0 Å². The maximum Gasteiger partial charge on any atom is 0.319 e. The number of nitrogens with zero attached hydrogens (tertiary/aromatic N) is 6. The Labute approximate surface area is 230 Å². The van der Waals surface area contributed by atoms with Crippen LogP contribution in [0.2, 0.25) is 5.02 Å². The molecule has 4 heterocycles. The van der Waals surface area contributed by atoms with Gasteiger partial charge in [0.25, 0.3) is 5.56 Å². The molecular weight excluding hydrogens is 521 g/mol. The van der Waals surface area contributed by atoms with Crippen molar-refractivity contribution in [2.45, 2.75) is 38.5 Å². The van der Waals surface area contributed by atoms with Gasteiger partial charge in [0.15, 0.2) is 11.3 Å². The summed E-state index contributed by atoms with van der Waals surface area (Å²) >= 11 is 6.60. The molecule has 2 saturated heterocycles. The number of ether oxygens (including phenoxy) is 1. The first-order chi connectivity index (χ1) is 18.8. The molecular formula is C28H31ClFN7O2. The maximum atomic E-state index is 14.2. The molecule has 0 radical (unpaired) electrons. The second kappa shape index (κ2) is 10.3. The highest BCUT2D eigenvalue weighted by Crippen LogP contribution is 2.31. The Morgan fingerprint density at radius 2 is 1.95 bits per heavy atom. The average molecular weight is 552 g/mol. The Morgan fingerprint density at radius 3 is 2.69 bits per heavy atom. The van der Waals surface area contributed by atoms with Crippen LogP contribution in [0.4, 0.5) is 10.2 Å². The Kier molecular flexibility index (Phi) is 6.86. The van der Waals surface area contributed by atoms with Gasteiger partial charge in [-0.3, -0.25) is 14.3 Å². The molecule has 39 heavy (non-hydrogen) atoms. The zero-order valence-electron chi connectivity index (χ0n) is 22.2. The molecule has 0 unspecified atom stereocenters. The van der Waals surface area contributed by atoms with E-state index >= 15 is 0 Å². The summed E-state index contributed by atoms with van der Waals surface area (Å²) in [6.07, 6.45) is -0.494. The van der Waals surface area contributed by atoms with Gasteiger partial charge in [-0.05, 0) is 44.8 Å².